The van der Waals surface area contributed by atoms with Crippen molar-refractivity contribution in [1.29, 1.82) is 0 Å². The number of benzene rings is 1. The lowest BCUT2D eigenvalue weighted by atomic mass is 10.0. The Morgan fingerprint density at radius 3 is 2.48 bits per heavy atom. The molecule has 0 bridgehead atoms. The number of carbonyl (C=O) groups excluding carboxylic acids is 1. The molecule has 0 unspecified atom stereocenters. The Morgan fingerprint density at radius 1 is 1.17 bits per heavy atom. The molecule has 0 spiro atoms. The zero-order valence-corrected chi connectivity index (χ0v) is 13.0. The Morgan fingerprint density at radius 2 is 1.87 bits per heavy atom. The van der Waals surface area contributed by atoms with Gasteiger partial charge in [-0.1, -0.05) is 0 Å². The molecule has 0 aliphatic carbocycles. The van der Waals surface area contributed by atoms with Crippen molar-refractivity contribution < 1.29 is 9.18 Å². The van der Waals surface area contributed by atoms with Gasteiger partial charge in [-0.2, -0.15) is 0 Å². The van der Waals surface area contributed by atoms with E-state index in [0.29, 0.717) is 18.8 Å². The molecular formula is C17H19FN4O. The number of anilines is 1. The molecule has 1 aliphatic heterocycles. The first kappa shape index (κ1) is 15.4. The van der Waals surface area contributed by atoms with E-state index in [4.69, 9.17) is 0 Å². The highest BCUT2D eigenvalue weighted by atomic mass is 19.1. The number of amides is 1. The molecule has 23 heavy (non-hydrogen) atoms. The van der Waals surface area contributed by atoms with Crippen LogP contribution in [0.25, 0.3) is 0 Å². The molecule has 1 aromatic heterocycles. The van der Waals surface area contributed by atoms with Gasteiger partial charge in [0.2, 0.25) is 0 Å². The maximum absolute atomic E-state index is 12.9. The fourth-order valence-electron chi connectivity index (χ4n) is 2.67. The van der Waals surface area contributed by atoms with Crippen LogP contribution >= 0.6 is 0 Å². The van der Waals surface area contributed by atoms with Gasteiger partial charge < -0.3 is 10.2 Å². The van der Waals surface area contributed by atoms with E-state index in [1.54, 1.807) is 18.3 Å². The second-order valence-corrected chi connectivity index (χ2v) is 5.76. The summed E-state index contributed by atoms with van der Waals surface area (Å²) in [6.45, 7) is 3.19. The van der Waals surface area contributed by atoms with Crippen LogP contribution < -0.4 is 5.32 Å². The number of aryl methyl sites for hydroxylation is 1. The van der Waals surface area contributed by atoms with Crippen LogP contribution in [0.5, 0.6) is 0 Å². The summed E-state index contributed by atoms with van der Waals surface area (Å²) in [5.74, 6) is -0.312. The second-order valence-electron chi connectivity index (χ2n) is 5.76. The van der Waals surface area contributed by atoms with Crippen molar-refractivity contribution in [2.24, 2.45) is 0 Å². The van der Waals surface area contributed by atoms with Gasteiger partial charge in [0.05, 0.1) is 11.9 Å². The number of nitrogens with one attached hydrogen (secondary N) is 1. The van der Waals surface area contributed by atoms with Crippen molar-refractivity contribution in [1.82, 2.24) is 14.9 Å². The Hall–Kier alpha value is -2.50. The maximum atomic E-state index is 12.9. The van der Waals surface area contributed by atoms with Crippen molar-refractivity contribution in [3.63, 3.8) is 0 Å². The first-order valence-corrected chi connectivity index (χ1v) is 7.72. The van der Waals surface area contributed by atoms with Gasteiger partial charge >= 0.3 is 0 Å². The average Bonchev–Trinajstić information content (AvgIpc) is 2.58. The average molecular weight is 314 g/mol. The topological polar surface area (TPSA) is 58.1 Å². The van der Waals surface area contributed by atoms with Crippen molar-refractivity contribution in [2.45, 2.75) is 25.8 Å². The molecule has 2 aromatic rings. The van der Waals surface area contributed by atoms with E-state index in [9.17, 15) is 9.18 Å². The molecule has 5 nitrogen and oxygen atoms in total. The minimum Gasteiger partial charge on any atom is -0.382 e. The standard InChI is InChI=1S/C17H19FN4O/c1-12-10-20-16(11-19-12)17(23)22-8-6-15(7-9-22)21-14-4-2-13(18)3-5-14/h2-5,10-11,15,21H,6-9H2,1H3. The van der Waals surface area contributed by atoms with Gasteiger partial charge in [0, 0.05) is 31.0 Å². The van der Waals surface area contributed by atoms with Crippen molar-refractivity contribution >= 4 is 11.6 Å². The fraction of sp³-hybridized carbons (Fsp3) is 0.353. The summed E-state index contributed by atoms with van der Waals surface area (Å²) < 4.78 is 12.9. The molecule has 1 fully saturated rings. The third kappa shape index (κ3) is 3.83. The minimum atomic E-state index is -0.241. The Kier molecular flexibility index (Phi) is 4.50. The molecule has 120 valence electrons. The van der Waals surface area contributed by atoms with Crippen LogP contribution in [0.2, 0.25) is 0 Å². The summed E-state index contributed by atoms with van der Waals surface area (Å²) in [6.07, 6.45) is 4.83. The van der Waals surface area contributed by atoms with Crippen LogP contribution in [-0.4, -0.2) is 39.9 Å². The normalized spacial score (nSPS) is 15.5. The zero-order valence-electron chi connectivity index (χ0n) is 13.0. The number of nitrogens with zero attached hydrogens (tertiary/aromatic N) is 3. The van der Waals surface area contributed by atoms with Crippen LogP contribution in [0, 0.1) is 12.7 Å². The van der Waals surface area contributed by atoms with E-state index < -0.39 is 0 Å². The van der Waals surface area contributed by atoms with Gasteiger partial charge in [0.15, 0.2) is 0 Å². The molecule has 2 heterocycles. The number of likely N-dealkylation sites (tertiary alicyclic amines) is 1. The SMILES string of the molecule is Cc1cnc(C(=O)N2CCC(Nc3ccc(F)cc3)CC2)cn1. The molecule has 1 aliphatic rings. The predicted octanol–water partition coefficient (Wildman–Crippen LogP) is 2.64. The number of aromatic nitrogens is 2. The smallest absolute Gasteiger partial charge is 0.274 e. The van der Waals surface area contributed by atoms with E-state index in [2.05, 4.69) is 15.3 Å². The van der Waals surface area contributed by atoms with Crippen LogP contribution in [0.1, 0.15) is 29.0 Å². The first-order valence-electron chi connectivity index (χ1n) is 7.72. The lowest BCUT2D eigenvalue weighted by Crippen LogP contribution is -2.42. The summed E-state index contributed by atoms with van der Waals surface area (Å²) in [4.78, 5) is 22.4. The van der Waals surface area contributed by atoms with E-state index in [1.165, 1.54) is 18.3 Å². The summed E-state index contributed by atoms with van der Waals surface area (Å²) in [5.41, 5.74) is 2.09. The third-order valence-corrected chi connectivity index (χ3v) is 4.00. The second kappa shape index (κ2) is 6.73. The summed E-state index contributed by atoms with van der Waals surface area (Å²) in [5, 5.41) is 3.38. The summed E-state index contributed by atoms with van der Waals surface area (Å²) in [7, 11) is 0. The summed E-state index contributed by atoms with van der Waals surface area (Å²) in [6, 6.07) is 6.63. The van der Waals surface area contributed by atoms with E-state index in [-0.39, 0.29) is 17.8 Å². The predicted molar refractivity (Wildman–Crippen MR) is 85.7 cm³/mol. The number of halogens is 1. The van der Waals surface area contributed by atoms with Crippen LogP contribution in [0.4, 0.5) is 10.1 Å². The zero-order chi connectivity index (χ0) is 16.2. The molecule has 1 aromatic carbocycles. The molecule has 1 N–H and O–H groups in total. The van der Waals surface area contributed by atoms with E-state index in [0.717, 1.165) is 24.2 Å². The highest BCUT2D eigenvalue weighted by molar-refractivity contribution is 5.92. The van der Waals surface area contributed by atoms with Crippen molar-refractivity contribution in [3.8, 4) is 0 Å². The fourth-order valence-corrected chi connectivity index (χ4v) is 2.67. The van der Waals surface area contributed by atoms with Crippen molar-refractivity contribution in [2.75, 3.05) is 18.4 Å². The third-order valence-electron chi connectivity index (χ3n) is 4.00. The summed E-state index contributed by atoms with van der Waals surface area (Å²) >= 11 is 0. The molecule has 0 saturated carbocycles. The van der Waals surface area contributed by atoms with Crippen LogP contribution in [0.3, 0.4) is 0 Å². The number of hydrogen-bond acceptors (Lipinski definition) is 4. The van der Waals surface area contributed by atoms with Crippen LogP contribution in [0.15, 0.2) is 36.7 Å². The highest BCUT2D eigenvalue weighted by Gasteiger charge is 2.24. The van der Waals surface area contributed by atoms with Gasteiger partial charge in [-0.05, 0) is 44.0 Å². The van der Waals surface area contributed by atoms with E-state index in [1.807, 2.05) is 11.8 Å². The van der Waals surface area contributed by atoms with Gasteiger partial charge in [-0.25, -0.2) is 9.37 Å². The molecular weight excluding hydrogens is 295 g/mol. The Labute approximate surface area is 134 Å². The number of rotatable bonds is 3. The quantitative estimate of drug-likeness (QED) is 0.946. The monoisotopic (exact) mass is 314 g/mol. The molecule has 0 atom stereocenters. The lowest BCUT2D eigenvalue weighted by molar-refractivity contribution is 0.0712. The molecule has 1 amide bonds. The van der Waals surface area contributed by atoms with Gasteiger partial charge in [-0.3, -0.25) is 9.78 Å². The Balaban J connectivity index is 1.54. The van der Waals surface area contributed by atoms with Gasteiger partial charge in [-0.15, -0.1) is 0 Å². The number of hydrogen-bond donors (Lipinski definition) is 1. The molecule has 0 radical (unpaired) electrons. The largest absolute Gasteiger partial charge is 0.382 e. The van der Waals surface area contributed by atoms with Crippen LogP contribution in [-0.2, 0) is 0 Å². The molecule has 6 heteroatoms. The molecule has 3 rings (SSSR count). The van der Waals surface area contributed by atoms with Gasteiger partial charge in [0.1, 0.15) is 11.5 Å². The Bertz CT molecular complexity index is 664. The highest BCUT2D eigenvalue weighted by Crippen LogP contribution is 2.18. The lowest BCUT2D eigenvalue weighted by Gasteiger charge is -2.32. The number of carbonyl (C=O) groups is 1. The minimum absolute atomic E-state index is 0.0715. The van der Waals surface area contributed by atoms with Gasteiger partial charge in [0.25, 0.3) is 5.91 Å². The van der Waals surface area contributed by atoms with E-state index >= 15 is 0 Å². The maximum Gasteiger partial charge on any atom is 0.274 e. The van der Waals surface area contributed by atoms with Crippen molar-refractivity contribution in [3.05, 3.63) is 53.9 Å². The first-order chi connectivity index (χ1) is 11.1. The molecule has 1 saturated heterocycles. The number of piperidine rings is 1.